The van der Waals surface area contributed by atoms with Gasteiger partial charge in [-0.25, -0.2) is 4.79 Å². The number of esters is 1. The van der Waals surface area contributed by atoms with Gasteiger partial charge >= 0.3 is 11.7 Å². The average Bonchev–Trinajstić information content (AvgIpc) is 2.60. The topological polar surface area (TPSA) is 143 Å². The fraction of sp³-hybridized carbons (Fsp3) is 0.333. The van der Waals surface area contributed by atoms with Crippen LogP contribution in [0.3, 0.4) is 0 Å². The van der Waals surface area contributed by atoms with Crippen LogP contribution in [0.15, 0.2) is 24.3 Å². The van der Waals surface area contributed by atoms with Gasteiger partial charge in [-0.3, -0.25) is 19.7 Å². The van der Waals surface area contributed by atoms with Crippen molar-refractivity contribution in [3.8, 4) is 0 Å². The number of rotatable bonds is 7. The van der Waals surface area contributed by atoms with Crippen molar-refractivity contribution >= 4 is 29.1 Å². The third kappa shape index (κ3) is 4.12. The van der Waals surface area contributed by atoms with Crippen molar-refractivity contribution in [3.05, 3.63) is 45.5 Å². The summed E-state index contributed by atoms with van der Waals surface area (Å²) in [4.78, 5) is 49.1. The first kappa shape index (κ1) is 18.0. The van der Waals surface area contributed by atoms with E-state index in [0.717, 1.165) is 0 Å². The zero-order valence-corrected chi connectivity index (χ0v) is 13.2. The van der Waals surface area contributed by atoms with Gasteiger partial charge in [-0.1, -0.05) is 0 Å². The summed E-state index contributed by atoms with van der Waals surface area (Å²) in [5.41, 5.74) is 8.50. The van der Waals surface area contributed by atoms with Crippen molar-refractivity contribution in [2.24, 2.45) is 0 Å². The molecule has 130 valence electrons. The van der Waals surface area contributed by atoms with Crippen LogP contribution in [-0.2, 0) is 25.7 Å². The van der Waals surface area contributed by atoms with Gasteiger partial charge in [0.05, 0.1) is 4.92 Å². The van der Waals surface area contributed by atoms with E-state index in [1.165, 1.54) is 36.2 Å². The summed E-state index contributed by atoms with van der Waals surface area (Å²) >= 11 is 0. The Balaban J connectivity index is 1.91. The summed E-state index contributed by atoms with van der Waals surface area (Å²) in [6.07, 6.45) is 0.0487. The molecule has 0 saturated carbocycles. The monoisotopic (exact) mass is 346 g/mol. The maximum absolute atomic E-state index is 12.0. The van der Waals surface area contributed by atoms with Crippen LogP contribution in [0, 0.1) is 10.1 Å². The van der Waals surface area contributed by atoms with Crippen molar-refractivity contribution in [1.29, 1.82) is 0 Å². The van der Waals surface area contributed by atoms with E-state index in [1.54, 1.807) is 0 Å². The molecule has 1 fully saturated rings. The fourth-order valence-corrected chi connectivity index (χ4v) is 2.24. The third-order valence-corrected chi connectivity index (χ3v) is 3.85. The number of nitro benzene ring substituents is 1. The van der Waals surface area contributed by atoms with E-state index in [-0.39, 0.29) is 37.1 Å². The molecule has 0 N–H and O–H groups in total. The van der Waals surface area contributed by atoms with E-state index >= 15 is 0 Å². The number of carbonyl (C=O) groups excluding carboxylic acids is 3. The summed E-state index contributed by atoms with van der Waals surface area (Å²) < 4.78 is 4.88. The molecule has 0 aromatic heterocycles. The Morgan fingerprint density at radius 3 is 2.52 bits per heavy atom. The number of β-lactam (4-membered cyclic amide) rings is 1. The van der Waals surface area contributed by atoms with Gasteiger partial charge in [0, 0.05) is 38.1 Å². The van der Waals surface area contributed by atoms with Crippen LogP contribution in [0.2, 0.25) is 0 Å². The lowest BCUT2D eigenvalue weighted by Crippen LogP contribution is -2.51. The first-order valence-electron chi connectivity index (χ1n) is 7.25. The molecule has 0 aliphatic carbocycles. The lowest BCUT2D eigenvalue weighted by molar-refractivity contribution is -0.384. The normalized spacial score (nSPS) is 15.8. The predicted octanol–water partition coefficient (Wildman–Crippen LogP) is 0.499. The molecule has 25 heavy (non-hydrogen) atoms. The summed E-state index contributed by atoms with van der Waals surface area (Å²) in [6.45, 7) is -0.245. The highest BCUT2D eigenvalue weighted by molar-refractivity contribution is 6.62. The first-order valence-corrected chi connectivity index (χ1v) is 7.25. The van der Waals surface area contributed by atoms with E-state index < -0.39 is 22.4 Å². The lowest BCUT2D eigenvalue weighted by Gasteiger charge is -2.36. The molecule has 1 aromatic rings. The highest BCUT2D eigenvalue weighted by Crippen LogP contribution is 2.20. The summed E-state index contributed by atoms with van der Waals surface area (Å²) in [5.74, 6) is -1.96. The molecule has 1 aliphatic heterocycles. The van der Waals surface area contributed by atoms with Crippen LogP contribution >= 0.6 is 0 Å². The Bertz CT molecular complexity index is 782. The molecule has 0 bridgehead atoms. The summed E-state index contributed by atoms with van der Waals surface area (Å²) in [5, 5.41) is 10.6. The molecule has 2 rings (SSSR count). The van der Waals surface area contributed by atoms with E-state index in [0.29, 0.717) is 5.56 Å². The number of carbonyl (C=O) groups is 3. The van der Waals surface area contributed by atoms with Crippen LogP contribution in [-0.4, -0.2) is 51.1 Å². The van der Waals surface area contributed by atoms with Gasteiger partial charge in [-0.2, -0.15) is 4.79 Å². The number of Topliss-reactive ketones (excluding diaryl/α,β-unsaturated/α-hetero) is 1. The molecule has 1 saturated heterocycles. The molecule has 0 spiro atoms. The molecule has 0 radical (unpaired) electrons. The Kier molecular flexibility index (Phi) is 5.35. The number of amides is 1. The van der Waals surface area contributed by atoms with Gasteiger partial charge < -0.3 is 15.2 Å². The number of ether oxygens (including phenoxy) is 1. The summed E-state index contributed by atoms with van der Waals surface area (Å²) in [7, 11) is 1.53. The Morgan fingerprint density at radius 1 is 1.40 bits per heavy atom. The lowest BCUT2D eigenvalue weighted by atomic mass is 9.96. The maximum atomic E-state index is 12.0. The van der Waals surface area contributed by atoms with Gasteiger partial charge in [0.1, 0.15) is 6.61 Å². The van der Waals surface area contributed by atoms with Gasteiger partial charge in [-0.05, 0) is 17.7 Å². The molecular weight excluding hydrogens is 332 g/mol. The standard InChI is InChI=1S/C15H14N4O6/c1-18-11(7-13(18)21)6-12(20)14(17-16)15(22)25-8-9-2-4-10(5-3-9)19(23)24/h2-5,11H,6-8H2,1H3. The van der Waals surface area contributed by atoms with Crippen LogP contribution in [0.4, 0.5) is 5.69 Å². The highest BCUT2D eigenvalue weighted by atomic mass is 16.6. The largest absolute Gasteiger partial charge is 0.452 e. The van der Waals surface area contributed by atoms with Crippen LogP contribution < -0.4 is 0 Å². The van der Waals surface area contributed by atoms with Crippen molar-refractivity contribution in [3.63, 3.8) is 0 Å². The predicted molar refractivity (Wildman–Crippen MR) is 82.3 cm³/mol. The van der Waals surface area contributed by atoms with Crippen LogP contribution in [0.5, 0.6) is 0 Å². The Hall–Kier alpha value is -3.39. The first-order chi connectivity index (χ1) is 11.8. The Labute approximate surface area is 141 Å². The van der Waals surface area contributed by atoms with E-state index in [2.05, 4.69) is 4.79 Å². The molecular formula is C15H14N4O6. The zero-order valence-electron chi connectivity index (χ0n) is 13.2. The van der Waals surface area contributed by atoms with Crippen molar-refractivity contribution in [2.45, 2.75) is 25.5 Å². The number of nitrogens with zero attached hydrogens (tertiary/aromatic N) is 4. The smallest absolute Gasteiger partial charge is 0.441 e. The average molecular weight is 346 g/mol. The van der Waals surface area contributed by atoms with Crippen molar-refractivity contribution in [1.82, 2.24) is 4.90 Å². The van der Waals surface area contributed by atoms with Crippen molar-refractivity contribution < 1.29 is 28.8 Å². The van der Waals surface area contributed by atoms with Gasteiger partial charge in [0.2, 0.25) is 5.91 Å². The highest BCUT2D eigenvalue weighted by Gasteiger charge is 2.39. The minimum atomic E-state index is -1.11. The second-order valence-corrected chi connectivity index (χ2v) is 5.44. The number of likely N-dealkylation sites (tertiary alicyclic amines) is 1. The number of hydrogen-bond donors (Lipinski definition) is 0. The molecule has 1 aromatic carbocycles. The van der Waals surface area contributed by atoms with Crippen LogP contribution in [0.25, 0.3) is 5.53 Å². The second-order valence-electron chi connectivity index (χ2n) is 5.44. The van der Waals surface area contributed by atoms with Gasteiger partial charge in [0.15, 0.2) is 0 Å². The number of nitro groups is 1. The van der Waals surface area contributed by atoms with Crippen molar-refractivity contribution in [2.75, 3.05) is 7.05 Å². The maximum Gasteiger partial charge on any atom is 0.441 e. The number of ketones is 1. The minimum Gasteiger partial charge on any atom is -0.452 e. The molecule has 1 unspecified atom stereocenters. The zero-order chi connectivity index (χ0) is 18.6. The van der Waals surface area contributed by atoms with Crippen LogP contribution in [0.1, 0.15) is 18.4 Å². The number of non-ortho nitro benzene ring substituents is 1. The van der Waals surface area contributed by atoms with E-state index in [9.17, 15) is 24.5 Å². The summed E-state index contributed by atoms with van der Waals surface area (Å²) in [6, 6.07) is 4.97. The number of benzene rings is 1. The van der Waals surface area contributed by atoms with E-state index in [4.69, 9.17) is 10.3 Å². The molecule has 1 aliphatic rings. The number of hydrogen-bond acceptors (Lipinski definition) is 6. The molecule has 10 nitrogen and oxygen atoms in total. The fourth-order valence-electron chi connectivity index (χ4n) is 2.24. The Morgan fingerprint density at radius 2 is 2.04 bits per heavy atom. The minimum absolute atomic E-state index is 0.109. The molecule has 1 atom stereocenters. The quantitative estimate of drug-likeness (QED) is 0.103. The molecule has 1 amide bonds. The molecule has 1 heterocycles. The van der Waals surface area contributed by atoms with E-state index in [1.807, 2.05) is 0 Å². The van der Waals surface area contributed by atoms with Gasteiger partial charge in [-0.15, -0.1) is 0 Å². The van der Waals surface area contributed by atoms with Gasteiger partial charge in [0.25, 0.3) is 11.5 Å². The molecule has 10 heteroatoms. The SMILES string of the molecule is CN1C(=O)CC1CC(=O)C(=[N+]=[N-])C(=O)OCc1ccc([N+](=O)[O-])cc1. The second kappa shape index (κ2) is 7.45. The third-order valence-electron chi connectivity index (χ3n) is 3.85.